The van der Waals surface area contributed by atoms with Crippen molar-refractivity contribution in [3.05, 3.63) is 76.9 Å². The average molecular weight is 496 g/mol. The Morgan fingerprint density at radius 1 is 0.972 bits per heavy atom. The molecule has 3 aliphatic heterocycles. The maximum absolute atomic E-state index is 13.7. The average Bonchev–Trinajstić information content (AvgIpc) is 3.34. The number of carbonyl (C=O) groups is 2. The molecule has 0 radical (unpaired) electrons. The van der Waals surface area contributed by atoms with Gasteiger partial charge in [-0.25, -0.2) is 0 Å². The van der Waals surface area contributed by atoms with Gasteiger partial charge in [0.25, 0.3) is 5.91 Å². The maximum atomic E-state index is 13.7. The summed E-state index contributed by atoms with van der Waals surface area (Å²) in [5.74, 6) is 0.482. The highest BCUT2D eigenvalue weighted by Crippen LogP contribution is 2.56. The molecule has 0 bridgehead atoms. The fourth-order valence-electron chi connectivity index (χ4n) is 5.08. The Labute approximate surface area is 203 Å². The van der Waals surface area contributed by atoms with Crippen LogP contribution in [0.4, 0.5) is 24.5 Å². The zero-order valence-corrected chi connectivity index (χ0v) is 18.9. The van der Waals surface area contributed by atoms with Gasteiger partial charge in [0.1, 0.15) is 31.0 Å². The standard InChI is InChI=1S/C26H19F3N2O5/c1-31-18-7-3-6-17(30-23(32)14-4-2-5-15(10-14)26(27,28)29)22(18)25(24(31)33)13-36-19-12-21-20(11-16(19)25)34-8-9-35-21/h2-7,10-12H,8-9,13H2,1H3,(H,30,32). The smallest absolute Gasteiger partial charge is 0.416 e. The van der Waals surface area contributed by atoms with Crippen molar-refractivity contribution in [2.24, 2.45) is 0 Å². The Kier molecular flexibility index (Phi) is 4.73. The van der Waals surface area contributed by atoms with E-state index in [1.807, 2.05) is 0 Å². The van der Waals surface area contributed by atoms with Gasteiger partial charge < -0.3 is 24.4 Å². The molecule has 6 rings (SSSR count). The summed E-state index contributed by atoms with van der Waals surface area (Å²) in [4.78, 5) is 28.3. The lowest BCUT2D eigenvalue weighted by Crippen LogP contribution is -2.41. The van der Waals surface area contributed by atoms with Gasteiger partial charge >= 0.3 is 6.18 Å². The van der Waals surface area contributed by atoms with Crippen LogP contribution in [0.2, 0.25) is 0 Å². The minimum atomic E-state index is -4.58. The van der Waals surface area contributed by atoms with Crippen molar-refractivity contribution in [2.45, 2.75) is 11.6 Å². The summed E-state index contributed by atoms with van der Waals surface area (Å²) in [6.45, 7) is 0.743. The largest absolute Gasteiger partial charge is 0.491 e. The summed E-state index contributed by atoms with van der Waals surface area (Å²) in [6, 6.07) is 12.6. The fraction of sp³-hybridized carbons (Fsp3) is 0.231. The van der Waals surface area contributed by atoms with Crippen LogP contribution in [0.15, 0.2) is 54.6 Å². The van der Waals surface area contributed by atoms with Crippen molar-refractivity contribution in [1.82, 2.24) is 0 Å². The topological polar surface area (TPSA) is 77.1 Å². The molecule has 0 saturated heterocycles. The van der Waals surface area contributed by atoms with Crippen molar-refractivity contribution in [3.63, 3.8) is 0 Å². The second kappa shape index (κ2) is 7.64. The van der Waals surface area contributed by atoms with Crippen LogP contribution in [-0.2, 0) is 16.4 Å². The van der Waals surface area contributed by atoms with Crippen LogP contribution in [0.5, 0.6) is 17.2 Å². The number of alkyl halides is 3. The van der Waals surface area contributed by atoms with Gasteiger partial charge in [-0.3, -0.25) is 9.59 Å². The second-order valence-corrected chi connectivity index (χ2v) is 8.78. The quantitative estimate of drug-likeness (QED) is 0.570. The molecule has 3 aromatic carbocycles. The van der Waals surface area contributed by atoms with Crippen LogP contribution in [0, 0.1) is 0 Å². The molecule has 184 valence electrons. The number of carbonyl (C=O) groups excluding carboxylic acids is 2. The fourth-order valence-corrected chi connectivity index (χ4v) is 5.08. The van der Waals surface area contributed by atoms with Crippen molar-refractivity contribution in [3.8, 4) is 17.2 Å². The molecule has 1 spiro atoms. The van der Waals surface area contributed by atoms with E-state index in [0.29, 0.717) is 53.0 Å². The number of ether oxygens (including phenoxy) is 3. The Morgan fingerprint density at radius 2 is 1.69 bits per heavy atom. The van der Waals surface area contributed by atoms with Gasteiger partial charge in [-0.1, -0.05) is 12.1 Å². The normalized spacial score (nSPS) is 19.7. The Hall–Kier alpha value is -4.21. The molecule has 1 atom stereocenters. The molecule has 0 aromatic heterocycles. The monoisotopic (exact) mass is 496 g/mol. The molecule has 3 heterocycles. The van der Waals surface area contributed by atoms with E-state index in [2.05, 4.69) is 5.32 Å². The number of rotatable bonds is 2. The van der Waals surface area contributed by atoms with E-state index < -0.39 is 23.1 Å². The molecule has 0 aliphatic carbocycles. The van der Waals surface area contributed by atoms with Gasteiger partial charge in [0.05, 0.1) is 11.3 Å². The van der Waals surface area contributed by atoms with Gasteiger partial charge in [0, 0.05) is 35.5 Å². The number of halogens is 3. The SMILES string of the molecule is CN1C(=O)C2(COc3cc4c(cc32)OCCO4)c2c(NC(=O)c3cccc(C(F)(F)F)c3)cccc21. The molecule has 10 heteroatoms. The van der Waals surface area contributed by atoms with E-state index in [9.17, 15) is 22.8 Å². The number of hydrogen-bond donors (Lipinski definition) is 1. The Morgan fingerprint density at radius 3 is 2.44 bits per heavy atom. The van der Waals surface area contributed by atoms with Crippen molar-refractivity contribution in [1.29, 1.82) is 0 Å². The number of anilines is 2. The zero-order valence-electron chi connectivity index (χ0n) is 18.9. The molecule has 36 heavy (non-hydrogen) atoms. The van der Waals surface area contributed by atoms with Crippen molar-refractivity contribution >= 4 is 23.2 Å². The van der Waals surface area contributed by atoms with E-state index >= 15 is 0 Å². The van der Waals surface area contributed by atoms with Crippen LogP contribution in [0.1, 0.15) is 27.0 Å². The highest BCUT2D eigenvalue weighted by Gasteiger charge is 2.57. The van der Waals surface area contributed by atoms with Gasteiger partial charge in [-0.15, -0.1) is 0 Å². The molecule has 0 fully saturated rings. The van der Waals surface area contributed by atoms with E-state index in [1.165, 1.54) is 17.0 Å². The number of hydrogen-bond acceptors (Lipinski definition) is 5. The molecule has 7 nitrogen and oxygen atoms in total. The minimum Gasteiger partial charge on any atom is -0.491 e. The molecular formula is C26H19F3N2O5. The molecule has 1 unspecified atom stereocenters. The molecule has 2 amide bonds. The molecule has 3 aromatic rings. The third kappa shape index (κ3) is 3.13. The molecular weight excluding hydrogens is 477 g/mol. The van der Waals surface area contributed by atoms with E-state index in [0.717, 1.165) is 12.1 Å². The number of benzene rings is 3. The summed E-state index contributed by atoms with van der Waals surface area (Å²) in [6.07, 6.45) is -4.58. The zero-order chi connectivity index (χ0) is 25.2. The minimum absolute atomic E-state index is 0.0160. The van der Waals surface area contributed by atoms with Gasteiger partial charge in [-0.2, -0.15) is 13.2 Å². The van der Waals surface area contributed by atoms with E-state index in [-0.39, 0.29) is 18.1 Å². The van der Waals surface area contributed by atoms with Crippen molar-refractivity contribution in [2.75, 3.05) is 37.1 Å². The summed E-state index contributed by atoms with van der Waals surface area (Å²) < 4.78 is 56.9. The summed E-state index contributed by atoms with van der Waals surface area (Å²) in [5, 5.41) is 2.73. The summed E-state index contributed by atoms with van der Waals surface area (Å²) >= 11 is 0. The van der Waals surface area contributed by atoms with Crippen LogP contribution in [0.3, 0.4) is 0 Å². The summed E-state index contributed by atoms with van der Waals surface area (Å²) in [5.41, 5.74) is -0.405. The molecule has 0 saturated carbocycles. The lowest BCUT2D eigenvalue weighted by atomic mass is 9.76. The van der Waals surface area contributed by atoms with Gasteiger partial charge in [0.15, 0.2) is 11.5 Å². The van der Waals surface area contributed by atoms with Crippen molar-refractivity contribution < 1.29 is 37.0 Å². The third-order valence-corrected chi connectivity index (χ3v) is 6.75. The van der Waals surface area contributed by atoms with Gasteiger partial charge in [-0.05, 0) is 36.4 Å². The van der Waals surface area contributed by atoms with Crippen LogP contribution < -0.4 is 24.4 Å². The first-order chi connectivity index (χ1) is 17.2. The van der Waals surface area contributed by atoms with Crippen LogP contribution in [0.25, 0.3) is 0 Å². The van der Waals surface area contributed by atoms with E-state index in [1.54, 1.807) is 37.4 Å². The predicted octanol–water partition coefficient (Wildman–Crippen LogP) is 4.38. The number of fused-ring (bicyclic) bond motifs is 5. The Bertz CT molecular complexity index is 1440. The number of likely N-dealkylation sites (N-methyl/N-ethyl adjacent to an activating group) is 1. The first-order valence-electron chi connectivity index (χ1n) is 11.2. The Balaban J connectivity index is 1.45. The number of nitrogens with one attached hydrogen (secondary N) is 1. The lowest BCUT2D eigenvalue weighted by Gasteiger charge is -2.25. The first-order valence-corrected chi connectivity index (χ1v) is 11.2. The van der Waals surface area contributed by atoms with E-state index in [4.69, 9.17) is 14.2 Å². The second-order valence-electron chi connectivity index (χ2n) is 8.78. The van der Waals surface area contributed by atoms with Crippen LogP contribution >= 0.6 is 0 Å². The third-order valence-electron chi connectivity index (χ3n) is 6.75. The number of nitrogens with zero attached hydrogens (tertiary/aromatic N) is 1. The number of amides is 2. The maximum Gasteiger partial charge on any atom is 0.416 e. The molecule has 1 N–H and O–H groups in total. The van der Waals surface area contributed by atoms with Crippen LogP contribution in [-0.4, -0.2) is 38.7 Å². The molecule has 3 aliphatic rings. The van der Waals surface area contributed by atoms with Gasteiger partial charge in [0.2, 0.25) is 5.91 Å². The predicted molar refractivity (Wildman–Crippen MR) is 123 cm³/mol. The first kappa shape index (κ1) is 22.3. The summed E-state index contributed by atoms with van der Waals surface area (Å²) in [7, 11) is 1.63. The lowest BCUT2D eigenvalue weighted by molar-refractivity contribution is -0.137. The highest BCUT2D eigenvalue weighted by molar-refractivity contribution is 6.15. The highest BCUT2D eigenvalue weighted by atomic mass is 19.4.